The van der Waals surface area contributed by atoms with E-state index in [-0.39, 0.29) is 12.5 Å². The number of nitrogens with zero attached hydrogens (tertiary/aromatic N) is 4. The standard InChI is InChI=1S/C14H21N5O4/c1-17-6-8-18(9-7-17)13-4-3-12(11-16-13)14(20)15-5-2-10-23-19(21)22/h3-4,11H,2,5-10H2,1H3,(H,15,20). The molecule has 0 aliphatic carbocycles. The Balaban J connectivity index is 1.77. The van der Waals surface area contributed by atoms with Crippen molar-refractivity contribution in [1.29, 1.82) is 0 Å². The summed E-state index contributed by atoms with van der Waals surface area (Å²) in [6.45, 7) is 4.12. The normalized spacial score (nSPS) is 15.3. The van der Waals surface area contributed by atoms with E-state index in [2.05, 4.69) is 32.0 Å². The van der Waals surface area contributed by atoms with Gasteiger partial charge in [-0.15, -0.1) is 10.1 Å². The van der Waals surface area contributed by atoms with Crippen molar-refractivity contribution < 1.29 is 14.7 Å². The maximum absolute atomic E-state index is 11.9. The molecule has 9 heteroatoms. The zero-order valence-electron chi connectivity index (χ0n) is 13.1. The second kappa shape index (κ2) is 8.28. The van der Waals surface area contributed by atoms with Crippen molar-refractivity contribution in [2.75, 3.05) is 51.3 Å². The molecule has 9 nitrogen and oxygen atoms in total. The lowest BCUT2D eigenvalue weighted by molar-refractivity contribution is -0.757. The Hall–Kier alpha value is -2.42. The van der Waals surface area contributed by atoms with E-state index in [1.165, 1.54) is 0 Å². The summed E-state index contributed by atoms with van der Waals surface area (Å²) in [5, 5.41) is 11.8. The third-order valence-electron chi connectivity index (χ3n) is 3.64. The van der Waals surface area contributed by atoms with Gasteiger partial charge in [0.2, 0.25) is 0 Å². The Kier molecular flexibility index (Phi) is 6.10. The summed E-state index contributed by atoms with van der Waals surface area (Å²) in [6.07, 6.45) is 1.93. The molecule has 1 aliphatic rings. The van der Waals surface area contributed by atoms with Crippen LogP contribution in [0.2, 0.25) is 0 Å². The van der Waals surface area contributed by atoms with Gasteiger partial charge in [-0.2, -0.15) is 0 Å². The third-order valence-corrected chi connectivity index (χ3v) is 3.64. The molecule has 126 valence electrons. The fourth-order valence-corrected chi connectivity index (χ4v) is 2.26. The number of aromatic nitrogens is 1. The van der Waals surface area contributed by atoms with Crippen LogP contribution in [-0.2, 0) is 4.84 Å². The smallest absolute Gasteiger partial charge is 0.294 e. The average molecular weight is 323 g/mol. The van der Waals surface area contributed by atoms with Crippen LogP contribution in [0.3, 0.4) is 0 Å². The summed E-state index contributed by atoms with van der Waals surface area (Å²) >= 11 is 0. The minimum atomic E-state index is -0.844. The summed E-state index contributed by atoms with van der Waals surface area (Å²) in [6, 6.07) is 3.58. The number of hydrogen-bond acceptors (Lipinski definition) is 7. The lowest BCUT2D eigenvalue weighted by Crippen LogP contribution is -2.44. The molecule has 0 unspecified atom stereocenters. The largest absolute Gasteiger partial charge is 0.354 e. The minimum Gasteiger partial charge on any atom is -0.354 e. The van der Waals surface area contributed by atoms with E-state index in [4.69, 9.17) is 0 Å². The first-order valence-corrected chi connectivity index (χ1v) is 7.51. The summed E-state index contributed by atoms with van der Waals surface area (Å²) in [4.78, 5) is 34.9. The third kappa shape index (κ3) is 5.37. The van der Waals surface area contributed by atoms with Gasteiger partial charge in [0.05, 0.1) is 12.2 Å². The van der Waals surface area contributed by atoms with E-state index in [9.17, 15) is 14.9 Å². The zero-order chi connectivity index (χ0) is 16.7. The highest BCUT2D eigenvalue weighted by Crippen LogP contribution is 2.13. The van der Waals surface area contributed by atoms with Crippen LogP contribution in [0.5, 0.6) is 0 Å². The SMILES string of the molecule is CN1CCN(c2ccc(C(=O)NCCCO[N+](=O)[O-])cn2)CC1. The number of carbonyl (C=O) groups is 1. The Morgan fingerprint density at radius 2 is 2.13 bits per heavy atom. The highest BCUT2D eigenvalue weighted by Gasteiger charge is 2.15. The molecule has 2 heterocycles. The van der Waals surface area contributed by atoms with E-state index in [1.807, 2.05) is 6.07 Å². The highest BCUT2D eigenvalue weighted by molar-refractivity contribution is 5.94. The van der Waals surface area contributed by atoms with Crippen LogP contribution in [0.15, 0.2) is 18.3 Å². The first-order valence-electron chi connectivity index (χ1n) is 7.51. The molecule has 1 aromatic heterocycles. The van der Waals surface area contributed by atoms with E-state index in [0.717, 1.165) is 32.0 Å². The van der Waals surface area contributed by atoms with E-state index in [1.54, 1.807) is 12.3 Å². The van der Waals surface area contributed by atoms with Crippen LogP contribution in [0.4, 0.5) is 5.82 Å². The lowest BCUT2D eigenvalue weighted by atomic mass is 10.2. The zero-order valence-corrected chi connectivity index (χ0v) is 13.1. The van der Waals surface area contributed by atoms with Crippen molar-refractivity contribution >= 4 is 11.7 Å². The van der Waals surface area contributed by atoms with Crippen molar-refractivity contribution in [2.45, 2.75) is 6.42 Å². The van der Waals surface area contributed by atoms with E-state index in [0.29, 0.717) is 18.5 Å². The molecule has 1 saturated heterocycles. The Bertz CT molecular complexity index is 528. The molecule has 1 aliphatic heterocycles. The lowest BCUT2D eigenvalue weighted by Gasteiger charge is -2.33. The van der Waals surface area contributed by atoms with Crippen LogP contribution < -0.4 is 10.2 Å². The van der Waals surface area contributed by atoms with Crippen molar-refractivity contribution in [3.63, 3.8) is 0 Å². The molecule has 1 aromatic rings. The van der Waals surface area contributed by atoms with Crippen molar-refractivity contribution in [3.8, 4) is 0 Å². The molecule has 0 bridgehead atoms. The van der Waals surface area contributed by atoms with Gasteiger partial charge in [0, 0.05) is 38.9 Å². The molecular formula is C14H21N5O4. The first kappa shape index (κ1) is 16.9. The van der Waals surface area contributed by atoms with Gasteiger partial charge in [0.25, 0.3) is 11.0 Å². The van der Waals surface area contributed by atoms with Gasteiger partial charge < -0.3 is 20.0 Å². The van der Waals surface area contributed by atoms with Gasteiger partial charge in [-0.05, 0) is 25.6 Å². The second-order valence-electron chi connectivity index (χ2n) is 5.36. The molecule has 0 aromatic carbocycles. The van der Waals surface area contributed by atoms with Gasteiger partial charge in [-0.3, -0.25) is 4.79 Å². The number of hydrogen-bond donors (Lipinski definition) is 1. The number of nitrogens with one attached hydrogen (secondary N) is 1. The minimum absolute atomic E-state index is 0.0339. The average Bonchev–Trinajstić information content (AvgIpc) is 2.55. The summed E-state index contributed by atoms with van der Waals surface area (Å²) in [5.74, 6) is 0.623. The quantitative estimate of drug-likeness (QED) is 0.433. The molecule has 1 amide bonds. The van der Waals surface area contributed by atoms with Gasteiger partial charge in [0.1, 0.15) is 5.82 Å². The fourth-order valence-electron chi connectivity index (χ4n) is 2.26. The number of anilines is 1. The number of amides is 1. The fraction of sp³-hybridized carbons (Fsp3) is 0.571. The molecule has 0 atom stereocenters. The van der Waals surface area contributed by atoms with Gasteiger partial charge >= 0.3 is 0 Å². The topological polar surface area (TPSA) is 101 Å². The number of pyridine rings is 1. The van der Waals surface area contributed by atoms with E-state index < -0.39 is 5.09 Å². The molecule has 1 fully saturated rings. The number of rotatable bonds is 7. The van der Waals surface area contributed by atoms with Gasteiger partial charge in [0.15, 0.2) is 0 Å². The number of likely N-dealkylation sites (N-methyl/N-ethyl adjacent to an activating group) is 1. The Morgan fingerprint density at radius 3 is 2.74 bits per heavy atom. The molecular weight excluding hydrogens is 302 g/mol. The summed E-state index contributed by atoms with van der Waals surface area (Å²) < 4.78 is 0. The van der Waals surface area contributed by atoms with Gasteiger partial charge in [-0.1, -0.05) is 0 Å². The molecule has 2 rings (SSSR count). The Morgan fingerprint density at radius 1 is 1.39 bits per heavy atom. The van der Waals surface area contributed by atoms with E-state index >= 15 is 0 Å². The summed E-state index contributed by atoms with van der Waals surface area (Å²) in [7, 11) is 2.09. The molecule has 0 radical (unpaired) electrons. The maximum Gasteiger partial charge on any atom is 0.294 e. The van der Waals surface area contributed by atoms with Crippen molar-refractivity contribution in [1.82, 2.24) is 15.2 Å². The monoisotopic (exact) mass is 323 g/mol. The van der Waals surface area contributed by atoms with Crippen LogP contribution in [-0.4, -0.2) is 67.3 Å². The Labute approximate surface area is 134 Å². The molecule has 0 spiro atoms. The maximum atomic E-state index is 11.9. The second-order valence-corrected chi connectivity index (χ2v) is 5.36. The van der Waals surface area contributed by atoms with Crippen molar-refractivity contribution in [3.05, 3.63) is 34.0 Å². The predicted octanol–water partition coefficient (Wildman–Crippen LogP) is 0.162. The van der Waals surface area contributed by atoms with Gasteiger partial charge in [-0.25, -0.2) is 4.98 Å². The molecule has 0 saturated carbocycles. The highest BCUT2D eigenvalue weighted by atomic mass is 16.9. The predicted molar refractivity (Wildman–Crippen MR) is 83.8 cm³/mol. The first-order chi connectivity index (χ1) is 11.1. The number of piperazine rings is 1. The summed E-state index contributed by atoms with van der Waals surface area (Å²) in [5.41, 5.74) is 0.470. The van der Waals surface area contributed by atoms with Crippen LogP contribution in [0, 0.1) is 10.1 Å². The van der Waals surface area contributed by atoms with Crippen LogP contribution in [0.1, 0.15) is 16.8 Å². The number of carbonyl (C=O) groups excluding carboxylic acids is 1. The molecule has 1 N–H and O–H groups in total. The molecule has 23 heavy (non-hydrogen) atoms. The van der Waals surface area contributed by atoms with Crippen LogP contribution >= 0.6 is 0 Å². The van der Waals surface area contributed by atoms with Crippen molar-refractivity contribution in [2.24, 2.45) is 0 Å². The van der Waals surface area contributed by atoms with Crippen LogP contribution in [0.25, 0.3) is 0 Å².